The van der Waals surface area contributed by atoms with Gasteiger partial charge in [0.25, 0.3) is 0 Å². The van der Waals surface area contributed by atoms with Gasteiger partial charge in [-0.3, -0.25) is 4.68 Å². The van der Waals surface area contributed by atoms with Crippen LogP contribution in [0.3, 0.4) is 0 Å². The highest BCUT2D eigenvalue weighted by Crippen LogP contribution is 2.06. The van der Waals surface area contributed by atoms with E-state index in [0.29, 0.717) is 6.54 Å². The quantitative estimate of drug-likeness (QED) is 0.606. The molecule has 2 nitrogen and oxygen atoms in total. The van der Waals surface area contributed by atoms with Gasteiger partial charge in [-0.15, -0.1) is 5.92 Å². The van der Waals surface area contributed by atoms with Crippen LogP contribution in [0.25, 0.3) is 0 Å². The van der Waals surface area contributed by atoms with Crippen LogP contribution in [0.2, 0.25) is 0 Å². The molecule has 0 aromatic carbocycles. The molecule has 0 atom stereocenters. The molecular weight excluding hydrogens is 148 g/mol. The van der Waals surface area contributed by atoms with Gasteiger partial charge in [-0.25, -0.2) is 0 Å². The Balaban J connectivity index is 2.88. The molecule has 0 N–H and O–H groups in total. The Morgan fingerprint density at radius 1 is 1.58 bits per heavy atom. The van der Waals surface area contributed by atoms with Crippen molar-refractivity contribution in [2.45, 2.75) is 33.7 Å². The minimum Gasteiger partial charge on any atom is -0.257 e. The van der Waals surface area contributed by atoms with Crippen LogP contribution in [0.1, 0.15) is 25.1 Å². The summed E-state index contributed by atoms with van der Waals surface area (Å²) in [6, 6.07) is 0. The number of nitrogens with zero attached hydrogens (tertiary/aromatic N) is 2. The van der Waals surface area contributed by atoms with E-state index in [1.165, 1.54) is 11.3 Å². The third kappa shape index (κ3) is 1.68. The molecule has 2 heteroatoms. The molecule has 0 bridgehead atoms. The summed E-state index contributed by atoms with van der Waals surface area (Å²) in [6.45, 7) is 6.79. The number of rotatable bonds is 2. The lowest BCUT2D eigenvalue weighted by atomic mass is 10.2. The number of hydrogen-bond donors (Lipinski definition) is 0. The van der Waals surface area contributed by atoms with Crippen LogP contribution in [-0.2, 0) is 13.0 Å². The van der Waals surface area contributed by atoms with E-state index in [4.69, 9.17) is 0 Å². The van der Waals surface area contributed by atoms with E-state index in [2.05, 4.69) is 30.8 Å². The highest BCUT2D eigenvalue weighted by molar-refractivity contribution is 5.16. The maximum absolute atomic E-state index is 4.24. The molecule has 0 radical (unpaired) electrons. The smallest absolute Gasteiger partial charge is 0.102 e. The molecule has 1 rings (SSSR count). The van der Waals surface area contributed by atoms with Crippen molar-refractivity contribution in [3.05, 3.63) is 17.5 Å². The van der Waals surface area contributed by atoms with Crippen molar-refractivity contribution >= 4 is 0 Å². The summed E-state index contributed by atoms with van der Waals surface area (Å²) in [7, 11) is 0. The fraction of sp³-hybridized carbons (Fsp3) is 0.500. The predicted octanol–water partition coefficient (Wildman–Crippen LogP) is 1.78. The zero-order valence-electron chi connectivity index (χ0n) is 7.89. The summed E-state index contributed by atoms with van der Waals surface area (Å²) >= 11 is 0. The minimum absolute atomic E-state index is 0.716. The standard InChI is InChI=1S/C10H14N2/c1-4-6-7-12-10(5-2)9(3)8-11-12/h8H,5,7H2,1-3H3. The Hall–Kier alpha value is -1.23. The first kappa shape index (κ1) is 8.86. The maximum atomic E-state index is 4.24. The highest BCUT2D eigenvalue weighted by atomic mass is 15.3. The third-order valence-corrected chi connectivity index (χ3v) is 1.90. The van der Waals surface area contributed by atoms with Crippen LogP contribution in [0, 0.1) is 18.8 Å². The molecular formula is C10H14N2. The van der Waals surface area contributed by atoms with Gasteiger partial charge in [0.15, 0.2) is 0 Å². The average Bonchev–Trinajstić information content (AvgIpc) is 2.43. The van der Waals surface area contributed by atoms with Crippen LogP contribution < -0.4 is 0 Å². The van der Waals surface area contributed by atoms with E-state index in [0.717, 1.165) is 6.42 Å². The Labute approximate surface area is 73.6 Å². The third-order valence-electron chi connectivity index (χ3n) is 1.90. The Morgan fingerprint density at radius 3 is 2.92 bits per heavy atom. The summed E-state index contributed by atoms with van der Waals surface area (Å²) in [5.41, 5.74) is 2.55. The lowest BCUT2D eigenvalue weighted by Crippen LogP contribution is -2.03. The van der Waals surface area contributed by atoms with Gasteiger partial charge < -0.3 is 0 Å². The first-order valence-corrected chi connectivity index (χ1v) is 4.20. The second-order valence-corrected chi connectivity index (χ2v) is 2.71. The Kier molecular flexibility index (Phi) is 2.93. The van der Waals surface area contributed by atoms with Crippen LogP contribution in [0.15, 0.2) is 6.20 Å². The molecule has 1 aromatic rings. The monoisotopic (exact) mass is 162 g/mol. The topological polar surface area (TPSA) is 17.8 Å². The Morgan fingerprint density at radius 2 is 2.33 bits per heavy atom. The Bertz CT molecular complexity index is 312. The van der Waals surface area contributed by atoms with E-state index in [9.17, 15) is 0 Å². The van der Waals surface area contributed by atoms with Crippen molar-refractivity contribution in [3.63, 3.8) is 0 Å². The van der Waals surface area contributed by atoms with Gasteiger partial charge in [-0.1, -0.05) is 12.8 Å². The van der Waals surface area contributed by atoms with Crippen molar-refractivity contribution in [1.29, 1.82) is 0 Å². The van der Waals surface area contributed by atoms with E-state index in [-0.39, 0.29) is 0 Å². The molecule has 0 aliphatic carbocycles. The molecule has 0 saturated heterocycles. The molecule has 12 heavy (non-hydrogen) atoms. The van der Waals surface area contributed by atoms with Crippen molar-refractivity contribution < 1.29 is 0 Å². The first-order chi connectivity index (χ1) is 5.79. The van der Waals surface area contributed by atoms with Crippen LogP contribution in [-0.4, -0.2) is 9.78 Å². The van der Waals surface area contributed by atoms with Crippen LogP contribution in [0.5, 0.6) is 0 Å². The van der Waals surface area contributed by atoms with Crippen molar-refractivity contribution in [3.8, 4) is 11.8 Å². The van der Waals surface area contributed by atoms with Crippen molar-refractivity contribution in [2.24, 2.45) is 0 Å². The molecule has 0 amide bonds. The van der Waals surface area contributed by atoms with E-state index in [1.54, 1.807) is 0 Å². The zero-order chi connectivity index (χ0) is 8.97. The molecule has 0 aliphatic heterocycles. The van der Waals surface area contributed by atoms with Gasteiger partial charge in [0.05, 0.1) is 6.20 Å². The van der Waals surface area contributed by atoms with E-state index in [1.807, 2.05) is 17.8 Å². The maximum Gasteiger partial charge on any atom is 0.102 e. The van der Waals surface area contributed by atoms with Gasteiger partial charge in [0.1, 0.15) is 6.54 Å². The summed E-state index contributed by atoms with van der Waals surface area (Å²) < 4.78 is 1.96. The molecule has 0 saturated carbocycles. The molecule has 0 aliphatic rings. The van der Waals surface area contributed by atoms with E-state index < -0.39 is 0 Å². The summed E-state index contributed by atoms with van der Waals surface area (Å²) in [5, 5.41) is 4.24. The predicted molar refractivity (Wildman–Crippen MR) is 49.8 cm³/mol. The summed E-state index contributed by atoms with van der Waals surface area (Å²) in [4.78, 5) is 0. The number of aryl methyl sites for hydroxylation is 1. The lowest BCUT2D eigenvalue weighted by Gasteiger charge is -2.00. The SMILES string of the molecule is CC#CCn1ncc(C)c1CC. The normalized spacial score (nSPS) is 9.25. The summed E-state index contributed by atoms with van der Waals surface area (Å²) in [6.07, 6.45) is 2.92. The minimum atomic E-state index is 0.716. The van der Waals surface area contributed by atoms with Gasteiger partial charge in [0, 0.05) is 5.69 Å². The van der Waals surface area contributed by atoms with Gasteiger partial charge in [-0.2, -0.15) is 5.10 Å². The van der Waals surface area contributed by atoms with Crippen molar-refractivity contribution in [2.75, 3.05) is 0 Å². The van der Waals surface area contributed by atoms with E-state index >= 15 is 0 Å². The number of hydrogen-bond acceptors (Lipinski definition) is 1. The second kappa shape index (κ2) is 3.96. The molecule has 64 valence electrons. The fourth-order valence-electron chi connectivity index (χ4n) is 1.26. The molecule has 1 heterocycles. The van der Waals surface area contributed by atoms with Gasteiger partial charge in [-0.05, 0) is 25.8 Å². The van der Waals surface area contributed by atoms with Crippen LogP contribution >= 0.6 is 0 Å². The lowest BCUT2D eigenvalue weighted by molar-refractivity contribution is 0.672. The zero-order valence-corrected chi connectivity index (χ0v) is 7.89. The first-order valence-electron chi connectivity index (χ1n) is 4.20. The van der Waals surface area contributed by atoms with Gasteiger partial charge in [0.2, 0.25) is 0 Å². The van der Waals surface area contributed by atoms with Gasteiger partial charge >= 0.3 is 0 Å². The van der Waals surface area contributed by atoms with Crippen LogP contribution in [0.4, 0.5) is 0 Å². The largest absolute Gasteiger partial charge is 0.257 e. The molecule has 0 unspecified atom stereocenters. The molecule has 1 aromatic heterocycles. The fourth-order valence-corrected chi connectivity index (χ4v) is 1.26. The number of aromatic nitrogens is 2. The highest BCUT2D eigenvalue weighted by Gasteiger charge is 2.02. The van der Waals surface area contributed by atoms with Crippen molar-refractivity contribution in [1.82, 2.24) is 9.78 Å². The second-order valence-electron chi connectivity index (χ2n) is 2.71. The molecule has 0 fully saturated rings. The molecule has 0 spiro atoms. The average molecular weight is 162 g/mol. The summed E-state index contributed by atoms with van der Waals surface area (Å²) in [5.74, 6) is 5.87.